The lowest BCUT2D eigenvalue weighted by Crippen LogP contribution is -2.35. The number of rotatable bonds is 3. The SMILES string of the molecule is NCC1CCC(CN2CCc3ccccc3CC2)O1. The first-order chi connectivity index (χ1) is 9.35. The van der Waals surface area contributed by atoms with Crippen LogP contribution in [0.1, 0.15) is 24.0 Å². The number of nitrogens with zero attached hydrogens (tertiary/aromatic N) is 1. The van der Waals surface area contributed by atoms with E-state index >= 15 is 0 Å². The van der Waals surface area contributed by atoms with E-state index in [1.807, 2.05) is 0 Å². The van der Waals surface area contributed by atoms with Crippen molar-refractivity contribution in [1.29, 1.82) is 0 Å². The molecule has 2 aliphatic rings. The Morgan fingerprint density at radius 1 is 1.05 bits per heavy atom. The van der Waals surface area contributed by atoms with E-state index in [0.29, 0.717) is 18.8 Å². The highest BCUT2D eigenvalue weighted by Crippen LogP contribution is 2.21. The van der Waals surface area contributed by atoms with Crippen LogP contribution < -0.4 is 5.73 Å². The predicted octanol–water partition coefficient (Wildman–Crippen LogP) is 1.59. The molecule has 2 heterocycles. The van der Waals surface area contributed by atoms with E-state index < -0.39 is 0 Å². The summed E-state index contributed by atoms with van der Waals surface area (Å²) in [4.78, 5) is 2.56. The Balaban J connectivity index is 1.55. The number of nitrogens with two attached hydrogens (primary N) is 1. The molecule has 0 aliphatic carbocycles. The summed E-state index contributed by atoms with van der Waals surface area (Å²) in [6.45, 7) is 4.06. The second-order valence-corrected chi connectivity index (χ2v) is 5.76. The highest BCUT2D eigenvalue weighted by molar-refractivity contribution is 5.28. The molecule has 0 saturated carbocycles. The third-order valence-electron chi connectivity index (χ3n) is 4.43. The minimum Gasteiger partial charge on any atom is -0.372 e. The molecule has 2 aliphatic heterocycles. The summed E-state index contributed by atoms with van der Waals surface area (Å²) in [7, 11) is 0. The lowest BCUT2D eigenvalue weighted by atomic mass is 10.0. The fourth-order valence-electron chi connectivity index (χ4n) is 3.27. The molecule has 104 valence electrons. The maximum absolute atomic E-state index is 5.96. The fourth-order valence-corrected chi connectivity index (χ4v) is 3.27. The smallest absolute Gasteiger partial charge is 0.0707 e. The first-order valence-corrected chi connectivity index (χ1v) is 7.50. The molecule has 0 spiro atoms. The van der Waals surface area contributed by atoms with Crippen molar-refractivity contribution in [2.24, 2.45) is 5.73 Å². The molecule has 0 radical (unpaired) electrons. The fraction of sp³-hybridized carbons (Fsp3) is 0.625. The second kappa shape index (κ2) is 6.04. The third-order valence-corrected chi connectivity index (χ3v) is 4.43. The van der Waals surface area contributed by atoms with Crippen LogP contribution in [0.2, 0.25) is 0 Å². The average molecular weight is 260 g/mol. The maximum atomic E-state index is 5.96. The van der Waals surface area contributed by atoms with Gasteiger partial charge in [-0.1, -0.05) is 24.3 Å². The summed E-state index contributed by atoms with van der Waals surface area (Å²) in [5.74, 6) is 0. The number of hydrogen-bond acceptors (Lipinski definition) is 3. The molecule has 3 nitrogen and oxygen atoms in total. The van der Waals surface area contributed by atoms with Gasteiger partial charge in [0.2, 0.25) is 0 Å². The van der Waals surface area contributed by atoms with Crippen LogP contribution in [0.5, 0.6) is 0 Å². The topological polar surface area (TPSA) is 38.5 Å². The number of ether oxygens (including phenoxy) is 1. The van der Waals surface area contributed by atoms with Gasteiger partial charge in [-0.15, -0.1) is 0 Å². The van der Waals surface area contributed by atoms with Gasteiger partial charge >= 0.3 is 0 Å². The lowest BCUT2D eigenvalue weighted by molar-refractivity contribution is 0.0279. The standard InChI is InChI=1S/C16H24N2O/c17-11-15-5-6-16(19-15)12-18-9-7-13-3-1-2-4-14(13)8-10-18/h1-4,15-16H,5-12,17H2. The van der Waals surface area contributed by atoms with Crippen LogP contribution in [-0.4, -0.2) is 43.3 Å². The lowest BCUT2D eigenvalue weighted by Gasteiger charge is -2.23. The van der Waals surface area contributed by atoms with Gasteiger partial charge in [0.1, 0.15) is 0 Å². The van der Waals surface area contributed by atoms with Crippen LogP contribution >= 0.6 is 0 Å². The van der Waals surface area contributed by atoms with E-state index in [2.05, 4.69) is 29.2 Å². The average Bonchev–Trinajstić information content (AvgIpc) is 2.80. The maximum Gasteiger partial charge on any atom is 0.0707 e. The van der Waals surface area contributed by atoms with E-state index in [4.69, 9.17) is 10.5 Å². The molecular weight excluding hydrogens is 236 g/mol. The first kappa shape index (κ1) is 13.1. The van der Waals surface area contributed by atoms with Gasteiger partial charge in [0.25, 0.3) is 0 Å². The zero-order chi connectivity index (χ0) is 13.1. The van der Waals surface area contributed by atoms with Gasteiger partial charge in [0, 0.05) is 26.2 Å². The molecule has 2 atom stereocenters. The Hall–Kier alpha value is -0.900. The van der Waals surface area contributed by atoms with Crippen molar-refractivity contribution in [2.75, 3.05) is 26.2 Å². The van der Waals surface area contributed by atoms with E-state index in [0.717, 1.165) is 26.1 Å². The zero-order valence-corrected chi connectivity index (χ0v) is 11.6. The molecule has 0 bridgehead atoms. The summed E-state index contributed by atoms with van der Waals surface area (Å²) in [6, 6.07) is 8.85. The Morgan fingerprint density at radius 2 is 1.68 bits per heavy atom. The molecule has 0 amide bonds. The Kier molecular flexibility index (Phi) is 4.16. The number of benzene rings is 1. The molecule has 1 aromatic carbocycles. The number of hydrogen-bond donors (Lipinski definition) is 1. The van der Waals surface area contributed by atoms with E-state index in [1.54, 1.807) is 0 Å². The minimum atomic E-state index is 0.300. The molecule has 1 saturated heterocycles. The van der Waals surface area contributed by atoms with Crippen molar-refractivity contribution < 1.29 is 4.74 Å². The Bertz CT molecular complexity index is 394. The van der Waals surface area contributed by atoms with Crippen LogP contribution in [0.3, 0.4) is 0 Å². The Morgan fingerprint density at radius 3 is 2.26 bits per heavy atom. The van der Waals surface area contributed by atoms with Crippen molar-refractivity contribution in [1.82, 2.24) is 4.90 Å². The highest BCUT2D eigenvalue weighted by Gasteiger charge is 2.26. The zero-order valence-electron chi connectivity index (χ0n) is 11.6. The largest absolute Gasteiger partial charge is 0.372 e. The highest BCUT2D eigenvalue weighted by atomic mass is 16.5. The van der Waals surface area contributed by atoms with Gasteiger partial charge < -0.3 is 15.4 Å². The Labute approximate surface area is 115 Å². The molecule has 2 unspecified atom stereocenters. The van der Waals surface area contributed by atoms with Crippen molar-refractivity contribution in [3.8, 4) is 0 Å². The molecule has 3 rings (SSSR count). The van der Waals surface area contributed by atoms with Crippen molar-refractivity contribution in [3.63, 3.8) is 0 Å². The summed E-state index contributed by atoms with van der Waals surface area (Å²) in [5.41, 5.74) is 8.72. The van der Waals surface area contributed by atoms with Gasteiger partial charge in [-0.05, 0) is 36.8 Å². The van der Waals surface area contributed by atoms with Crippen molar-refractivity contribution >= 4 is 0 Å². The predicted molar refractivity (Wildman–Crippen MR) is 77.2 cm³/mol. The van der Waals surface area contributed by atoms with E-state index in [-0.39, 0.29) is 0 Å². The number of fused-ring (bicyclic) bond motifs is 1. The summed E-state index contributed by atoms with van der Waals surface area (Å²) >= 11 is 0. The van der Waals surface area contributed by atoms with Crippen LogP contribution in [0.15, 0.2) is 24.3 Å². The van der Waals surface area contributed by atoms with E-state index in [9.17, 15) is 0 Å². The van der Waals surface area contributed by atoms with Gasteiger partial charge in [0.05, 0.1) is 12.2 Å². The molecule has 1 fully saturated rings. The van der Waals surface area contributed by atoms with Crippen molar-refractivity contribution in [2.45, 2.75) is 37.9 Å². The molecule has 19 heavy (non-hydrogen) atoms. The third kappa shape index (κ3) is 3.16. The second-order valence-electron chi connectivity index (χ2n) is 5.76. The summed E-state index contributed by atoms with van der Waals surface area (Å²) < 4.78 is 5.96. The molecular formula is C16H24N2O. The monoisotopic (exact) mass is 260 g/mol. The first-order valence-electron chi connectivity index (χ1n) is 7.50. The van der Waals surface area contributed by atoms with Gasteiger partial charge in [0.15, 0.2) is 0 Å². The van der Waals surface area contributed by atoms with Gasteiger partial charge in [-0.3, -0.25) is 0 Å². The van der Waals surface area contributed by atoms with Gasteiger partial charge in [-0.25, -0.2) is 0 Å². The van der Waals surface area contributed by atoms with Crippen LogP contribution in [-0.2, 0) is 17.6 Å². The van der Waals surface area contributed by atoms with Crippen LogP contribution in [0.4, 0.5) is 0 Å². The molecule has 0 aromatic heterocycles. The quantitative estimate of drug-likeness (QED) is 0.897. The molecule has 3 heteroatoms. The summed E-state index contributed by atoms with van der Waals surface area (Å²) in [5, 5.41) is 0. The minimum absolute atomic E-state index is 0.300. The summed E-state index contributed by atoms with van der Waals surface area (Å²) in [6.07, 6.45) is 5.34. The molecule has 2 N–H and O–H groups in total. The van der Waals surface area contributed by atoms with E-state index in [1.165, 1.54) is 30.4 Å². The van der Waals surface area contributed by atoms with Crippen LogP contribution in [0, 0.1) is 0 Å². The normalized spacial score (nSPS) is 28.1. The molecule has 1 aromatic rings. The van der Waals surface area contributed by atoms with Gasteiger partial charge in [-0.2, -0.15) is 0 Å². The van der Waals surface area contributed by atoms with Crippen molar-refractivity contribution in [3.05, 3.63) is 35.4 Å². The van der Waals surface area contributed by atoms with Crippen LogP contribution in [0.25, 0.3) is 0 Å².